The van der Waals surface area contributed by atoms with Crippen LogP contribution in [0.3, 0.4) is 0 Å². The third-order valence-corrected chi connectivity index (χ3v) is 2.85. The van der Waals surface area contributed by atoms with Crippen LogP contribution in [0.2, 0.25) is 0 Å². The van der Waals surface area contributed by atoms with E-state index in [-0.39, 0.29) is 5.56 Å². The normalized spacial score (nSPS) is 19.3. The molecule has 0 aliphatic carbocycles. The average Bonchev–Trinajstić information content (AvgIpc) is 2.77. The van der Waals surface area contributed by atoms with Gasteiger partial charge in [-0.25, -0.2) is 4.79 Å². The van der Waals surface area contributed by atoms with Crippen molar-refractivity contribution in [3.63, 3.8) is 0 Å². The number of rotatable bonds is 2. The Morgan fingerprint density at radius 1 is 1.47 bits per heavy atom. The summed E-state index contributed by atoms with van der Waals surface area (Å²) in [7, 11) is 0. The topological polar surface area (TPSA) is 90.5 Å². The number of carboxylic acids is 1. The Labute approximate surface area is 96.9 Å². The summed E-state index contributed by atoms with van der Waals surface area (Å²) in [6.45, 7) is 0.379. The van der Waals surface area contributed by atoms with Crippen LogP contribution in [0.4, 0.5) is 0 Å². The van der Waals surface area contributed by atoms with Crippen molar-refractivity contribution < 1.29 is 14.7 Å². The van der Waals surface area contributed by atoms with Crippen LogP contribution in [0.1, 0.15) is 23.2 Å². The Balaban J connectivity index is 2.29. The predicted octanol–water partition coefficient (Wildman–Crippen LogP) is 0.0641. The zero-order valence-electron chi connectivity index (χ0n) is 9.05. The summed E-state index contributed by atoms with van der Waals surface area (Å²) in [6, 6.07) is 0.432. The van der Waals surface area contributed by atoms with Crippen LogP contribution < -0.4 is 5.43 Å². The van der Waals surface area contributed by atoms with Gasteiger partial charge in [-0.05, 0) is 12.8 Å². The molecule has 2 N–H and O–H groups in total. The minimum atomic E-state index is -1.02. The molecule has 1 aromatic rings. The maximum atomic E-state index is 12.0. The van der Waals surface area contributed by atoms with Gasteiger partial charge in [0.05, 0.1) is 0 Å². The molecule has 0 aromatic carbocycles. The number of nitrogens with zero attached hydrogens (tertiary/aromatic N) is 1. The highest BCUT2D eigenvalue weighted by Gasteiger charge is 2.35. The Bertz CT molecular complexity index is 508. The van der Waals surface area contributed by atoms with Crippen molar-refractivity contribution in [2.24, 2.45) is 0 Å². The van der Waals surface area contributed by atoms with Gasteiger partial charge in [-0.1, -0.05) is 0 Å². The van der Waals surface area contributed by atoms with E-state index in [2.05, 4.69) is 4.98 Å². The van der Waals surface area contributed by atoms with Gasteiger partial charge in [-0.15, -0.1) is 0 Å². The molecule has 0 bridgehead atoms. The van der Waals surface area contributed by atoms with E-state index in [1.165, 1.54) is 23.4 Å². The highest BCUT2D eigenvalue weighted by molar-refractivity contribution is 5.96. The average molecular weight is 236 g/mol. The first-order valence-corrected chi connectivity index (χ1v) is 5.32. The number of aromatic amines is 1. The zero-order valence-corrected chi connectivity index (χ0v) is 9.05. The monoisotopic (exact) mass is 236 g/mol. The standard InChI is InChI=1S/C11H12N2O4/c14-9-3-4-12-6-7(9)10(15)13-5-1-2-8(13)11(16)17/h3-4,6,8H,1-2,5H2,(H,12,14)(H,16,17)/t8-/m0/s1. The summed E-state index contributed by atoms with van der Waals surface area (Å²) in [6.07, 6.45) is 3.82. The molecule has 1 saturated heterocycles. The molecule has 2 heterocycles. The molecular weight excluding hydrogens is 224 g/mol. The van der Waals surface area contributed by atoms with Crippen molar-refractivity contribution in [2.75, 3.05) is 6.54 Å². The maximum Gasteiger partial charge on any atom is 0.326 e. The van der Waals surface area contributed by atoms with Gasteiger partial charge in [0.15, 0.2) is 5.43 Å². The van der Waals surface area contributed by atoms with Gasteiger partial charge in [0.1, 0.15) is 11.6 Å². The number of pyridine rings is 1. The van der Waals surface area contributed by atoms with Crippen LogP contribution in [0, 0.1) is 0 Å². The molecule has 1 fully saturated rings. The molecule has 6 nitrogen and oxygen atoms in total. The van der Waals surface area contributed by atoms with Crippen LogP contribution in [-0.2, 0) is 4.79 Å². The van der Waals surface area contributed by atoms with E-state index < -0.39 is 23.3 Å². The van der Waals surface area contributed by atoms with Crippen LogP contribution >= 0.6 is 0 Å². The van der Waals surface area contributed by atoms with Gasteiger partial charge in [-0.3, -0.25) is 9.59 Å². The van der Waals surface area contributed by atoms with E-state index in [4.69, 9.17) is 5.11 Å². The number of carbonyl (C=O) groups is 2. The van der Waals surface area contributed by atoms with Crippen LogP contribution in [0.25, 0.3) is 0 Å². The van der Waals surface area contributed by atoms with Crippen LogP contribution in [0.15, 0.2) is 23.3 Å². The van der Waals surface area contributed by atoms with Crippen molar-refractivity contribution in [3.05, 3.63) is 34.2 Å². The second-order valence-electron chi connectivity index (χ2n) is 3.92. The molecule has 17 heavy (non-hydrogen) atoms. The van der Waals surface area contributed by atoms with Gasteiger partial charge >= 0.3 is 5.97 Å². The third-order valence-electron chi connectivity index (χ3n) is 2.85. The van der Waals surface area contributed by atoms with Crippen molar-refractivity contribution in [2.45, 2.75) is 18.9 Å². The Morgan fingerprint density at radius 3 is 2.88 bits per heavy atom. The van der Waals surface area contributed by atoms with E-state index >= 15 is 0 Å². The second-order valence-corrected chi connectivity index (χ2v) is 3.92. The number of hydrogen-bond donors (Lipinski definition) is 2. The zero-order chi connectivity index (χ0) is 12.4. The lowest BCUT2D eigenvalue weighted by atomic mass is 10.2. The summed E-state index contributed by atoms with van der Waals surface area (Å²) < 4.78 is 0. The summed E-state index contributed by atoms with van der Waals surface area (Å²) in [5.74, 6) is -1.54. The fourth-order valence-corrected chi connectivity index (χ4v) is 2.00. The highest BCUT2D eigenvalue weighted by Crippen LogP contribution is 2.19. The van der Waals surface area contributed by atoms with Crippen molar-refractivity contribution >= 4 is 11.9 Å². The summed E-state index contributed by atoms with van der Waals surface area (Å²) in [5, 5.41) is 8.97. The minimum absolute atomic E-state index is 0.0133. The molecule has 1 amide bonds. The SMILES string of the molecule is O=C(O)[C@@H]1CCCN1C(=O)c1c[nH]ccc1=O. The van der Waals surface area contributed by atoms with Gasteiger partial charge in [0, 0.05) is 25.0 Å². The number of aliphatic carboxylic acids is 1. The molecule has 1 aromatic heterocycles. The first-order valence-electron chi connectivity index (χ1n) is 5.32. The Kier molecular flexibility index (Phi) is 2.95. The molecular formula is C11H12N2O4. The number of amides is 1. The molecule has 0 saturated carbocycles. The quantitative estimate of drug-likeness (QED) is 0.759. The molecule has 0 radical (unpaired) electrons. The molecule has 2 rings (SSSR count). The fourth-order valence-electron chi connectivity index (χ4n) is 2.00. The third kappa shape index (κ3) is 2.06. The number of likely N-dealkylation sites (tertiary alicyclic amines) is 1. The van der Waals surface area contributed by atoms with Gasteiger partial charge in [-0.2, -0.15) is 0 Å². The lowest BCUT2D eigenvalue weighted by molar-refractivity contribution is -0.141. The second kappa shape index (κ2) is 4.40. The molecule has 90 valence electrons. The smallest absolute Gasteiger partial charge is 0.326 e. The first kappa shape index (κ1) is 11.4. The summed E-state index contributed by atoms with van der Waals surface area (Å²) in [5.41, 5.74) is -0.412. The summed E-state index contributed by atoms with van der Waals surface area (Å²) in [4.78, 5) is 38.4. The molecule has 0 unspecified atom stereocenters. The van der Waals surface area contributed by atoms with Crippen molar-refractivity contribution in [1.82, 2.24) is 9.88 Å². The minimum Gasteiger partial charge on any atom is -0.480 e. The molecule has 0 spiro atoms. The maximum absolute atomic E-state index is 12.0. The molecule has 1 aliphatic heterocycles. The van der Waals surface area contributed by atoms with E-state index in [1.807, 2.05) is 0 Å². The van der Waals surface area contributed by atoms with Crippen molar-refractivity contribution in [3.8, 4) is 0 Å². The molecule has 1 atom stereocenters. The van der Waals surface area contributed by atoms with E-state index in [9.17, 15) is 14.4 Å². The first-order chi connectivity index (χ1) is 8.11. The molecule has 1 aliphatic rings. The van der Waals surface area contributed by atoms with Crippen molar-refractivity contribution in [1.29, 1.82) is 0 Å². The van der Waals surface area contributed by atoms with E-state index in [0.717, 1.165) is 0 Å². The lowest BCUT2D eigenvalue weighted by Crippen LogP contribution is -2.42. The number of carboxylic acid groups (broad SMARTS) is 1. The number of nitrogens with one attached hydrogen (secondary N) is 1. The van der Waals surface area contributed by atoms with E-state index in [0.29, 0.717) is 19.4 Å². The number of carbonyl (C=O) groups excluding carboxylic acids is 1. The Morgan fingerprint density at radius 2 is 2.24 bits per heavy atom. The fraction of sp³-hybridized carbons (Fsp3) is 0.364. The Hall–Kier alpha value is -2.11. The highest BCUT2D eigenvalue weighted by atomic mass is 16.4. The largest absolute Gasteiger partial charge is 0.480 e. The number of hydrogen-bond acceptors (Lipinski definition) is 3. The van der Waals surface area contributed by atoms with Gasteiger partial charge < -0.3 is 15.0 Å². The number of H-pyrrole nitrogens is 1. The molecule has 6 heteroatoms. The van der Waals surface area contributed by atoms with Crippen LogP contribution in [-0.4, -0.2) is 39.5 Å². The summed E-state index contributed by atoms with van der Waals surface area (Å²) >= 11 is 0. The van der Waals surface area contributed by atoms with Gasteiger partial charge in [0.25, 0.3) is 5.91 Å². The van der Waals surface area contributed by atoms with Crippen LogP contribution in [0.5, 0.6) is 0 Å². The van der Waals surface area contributed by atoms with Gasteiger partial charge in [0.2, 0.25) is 0 Å². The number of aromatic nitrogens is 1. The predicted molar refractivity (Wildman–Crippen MR) is 58.8 cm³/mol. The lowest BCUT2D eigenvalue weighted by Gasteiger charge is -2.20. The van der Waals surface area contributed by atoms with E-state index in [1.54, 1.807) is 0 Å².